The quantitative estimate of drug-likeness (QED) is 0.0266. The van der Waals surface area contributed by atoms with Gasteiger partial charge in [0.25, 0.3) is 0 Å². The number of hydrogen-bond donors (Lipinski definition) is 2. The van der Waals surface area contributed by atoms with Crippen molar-refractivity contribution in [3.63, 3.8) is 0 Å². The number of carboxylic acid groups (broad SMARTS) is 1. The van der Waals surface area contributed by atoms with E-state index in [9.17, 15) is 9.90 Å². The van der Waals surface area contributed by atoms with Gasteiger partial charge < -0.3 is 67.1 Å². The summed E-state index contributed by atoms with van der Waals surface area (Å²) in [7, 11) is 8.20. The molecule has 0 atom stereocenters. The normalized spacial score (nSPS) is 10.3. The lowest BCUT2D eigenvalue weighted by Gasteiger charge is -2.18. The summed E-state index contributed by atoms with van der Waals surface area (Å²) in [4.78, 5) is 12.3. The first kappa shape index (κ1) is 106. The minimum absolute atomic E-state index is 0.0698. The molecule has 0 radical (unpaired) electrons. The zero-order valence-electron chi connectivity index (χ0n) is 82.6. The van der Waals surface area contributed by atoms with E-state index in [0.29, 0.717) is 114 Å². The van der Waals surface area contributed by atoms with Gasteiger partial charge in [-0.05, 0) is 330 Å². The predicted octanol–water partition coefficient (Wildman–Crippen LogP) is 26.7. The fraction of sp³-hybridized carbons (Fsp3) is 0.270. The van der Waals surface area contributed by atoms with Gasteiger partial charge in [0.15, 0.2) is 17.2 Å². The molecule has 2 N–H and O–H groups in total. The van der Waals surface area contributed by atoms with Crippen molar-refractivity contribution in [2.45, 2.75) is 135 Å². The Morgan fingerprint density at radius 2 is 0.417 bits per heavy atom. The van der Waals surface area contributed by atoms with Gasteiger partial charge in [-0.1, -0.05) is 177 Å². The average molecular weight is 1920 g/mol. The van der Waals surface area contributed by atoms with Gasteiger partial charge in [0, 0.05) is 34.4 Å². The molecular weight excluding hydrogens is 1800 g/mol. The van der Waals surface area contributed by atoms with E-state index >= 15 is 0 Å². The molecule has 144 heavy (non-hydrogen) atoms. The van der Waals surface area contributed by atoms with Gasteiger partial charge >= 0.3 is 5.97 Å². The van der Waals surface area contributed by atoms with Crippen LogP contribution in [0.1, 0.15) is 218 Å². The first-order valence-corrected chi connectivity index (χ1v) is 49.1. The molecule has 13 aromatic rings. The number of ether oxygens (including phenoxy) is 12. The Morgan fingerprint density at radius 3 is 0.653 bits per heavy atom. The van der Waals surface area contributed by atoms with Crippen molar-refractivity contribution in [2.24, 2.45) is 0 Å². The topological polar surface area (TPSA) is 240 Å². The summed E-state index contributed by atoms with van der Waals surface area (Å²) in [6, 6.07) is 94.0. The highest BCUT2D eigenvalue weighted by Gasteiger charge is 2.25. The van der Waals surface area contributed by atoms with E-state index in [-0.39, 0.29) is 12.2 Å². The number of aliphatic hydroxyl groups excluding tert-OH is 1. The van der Waals surface area contributed by atoms with Crippen LogP contribution in [0.15, 0.2) is 279 Å². The van der Waals surface area contributed by atoms with Gasteiger partial charge in [-0.3, -0.25) is 0 Å². The van der Waals surface area contributed by atoms with E-state index in [0.717, 1.165) is 229 Å². The van der Waals surface area contributed by atoms with Crippen molar-refractivity contribution in [3.05, 3.63) is 357 Å². The summed E-state index contributed by atoms with van der Waals surface area (Å²) in [6.45, 7) is 3.63. The molecule has 0 amide bonds. The van der Waals surface area contributed by atoms with Crippen LogP contribution in [0, 0.1) is 93.2 Å². The van der Waals surface area contributed by atoms with Crippen LogP contribution in [0.3, 0.4) is 0 Å². The Labute approximate surface area is 848 Å². The maximum absolute atomic E-state index is 12.3. The van der Waals surface area contributed by atoms with Crippen molar-refractivity contribution >= 4 is 5.97 Å². The smallest absolute Gasteiger partial charge is 0.335 e. The monoisotopic (exact) mass is 1920 g/mol. The molecule has 18 nitrogen and oxygen atoms in total. The Bertz CT molecular complexity index is 6410. The molecule has 13 aromatic carbocycles. The van der Waals surface area contributed by atoms with Gasteiger partial charge in [-0.2, -0.15) is 15.8 Å². The number of carboxylic acids is 1. The number of benzene rings is 13. The Balaban J connectivity index is 0.000000258. The fourth-order valence-corrected chi connectivity index (χ4v) is 15.4. The van der Waals surface area contributed by atoms with E-state index in [1.54, 1.807) is 35.5 Å². The van der Waals surface area contributed by atoms with Crippen LogP contribution in [0.4, 0.5) is 0 Å². The van der Waals surface area contributed by atoms with E-state index < -0.39 is 5.97 Å². The zero-order chi connectivity index (χ0) is 101. The van der Waals surface area contributed by atoms with Crippen LogP contribution >= 0.6 is 0 Å². The van der Waals surface area contributed by atoms with Crippen molar-refractivity contribution < 1.29 is 71.8 Å². The third kappa shape index (κ3) is 34.6. The van der Waals surface area contributed by atoms with Crippen LogP contribution in [0.25, 0.3) is 33.4 Å². The molecule has 18 heteroatoms. The highest BCUT2D eigenvalue weighted by Crippen LogP contribution is 2.41. The highest BCUT2D eigenvalue weighted by molar-refractivity contribution is 5.89. The molecule has 0 saturated carbocycles. The summed E-state index contributed by atoms with van der Waals surface area (Å²) < 4.78 is 71.2. The first-order chi connectivity index (χ1) is 70.8. The number of rotatable bonds is 48. The number of nitrogens with zero attached hydrogens (tertiary/aromatic N) is 3. The van der Waals surface area contributed by atoms with Crippen molar-refractivity contribution in [1.82, 2.24) is 0 Å². The summed E-state index contributed by atoms with van der Waals surface area (Å²) >= 11 is 0. The number of aromatic carboxylic acids is 1. The molecule has 0 aromatic heterocycles. The predicted molar refractivity (Wildman–Crippen MR) is 567 cm³/mol. The number of nitriles is 3. The fourth-order valence-electron chi connectivity index (χ4n) is 15.4. The van der Waals surface area contributed by atoms with E-state index in [2.05, 4.69) is 77.4 Å². The van der Waals surface area contributed by atoms with E-state index in [1.165, 1.54) is 25.0 Å². The second-order valence-corrected chi connectivity index (χ2v) is 33.9. The second kappa shape index (κ2) is 59.6. The van der Waals surface area contributed by atoms with Gasteiger partial charge in [0.05, 0.1) is 150 Å². The van der Waals surface area contributed by atoms with Gasteiger partial charge in [-0.15, -0.1) is 0 Å². The number of aliphatic hydroxyl groups is 1. The lowest BCUT2D eigenvalue weighted by atomic mass is 9.89. The SMILES string of the molecule is COc1ccc(C#Cc2c(C#Cc3ccc(OC)cc3)c(C#Cc3ccc(OC)cc3)c(OCCCCCCCCCCCO)c(C#Cc3ccc(OC)cc3)c2C#Cc2ccc(OC)cc2)cc1.N#Cc1ccc(-c2ccc(OCCCCCCOc3cc(C(=O)O)cc(OCCCCCCOc4ccc(-c5ccc(C#N)cc5)cc4)c3OCCCCCCOc3ccc(-c4ccc(C#N)cc4)cc3)cc2)cc1. The number of carbonyl (C=O) groups is 1. The summed E-state index contributed by atoms with van der Waals surface area (Å²) in [5, 5.41) is 46.5. The van der Waals surface area contributed by atoms with Crippen molar-refractivity contribution in [3.8, 4) is 180 Å². The lowest BCUT2D eigenvalue weighted by molar-refractivity contribution is 0.0695. The van der Waals surface area contributed by atoms with Crippen LogP contribution in [0.5, 0.6) is 69.0 Å². The molecular formula is C126H121N3O15. The van der Waals surface area contributed by atoms with Crippen molar-refractivity contribution in [1.29, 1.82) is 15.8 Å². The molecule has 0 saturated heterocycles. The summed E-state index contributed by atoms with van der Waals surface area (Å²) in [5.41, 5.74) is 14.9. The van der Waals surface area contributed by atoms with Gasteiger partial charge in [0.2, 0.25) is 5.75 Å². The molecule has 0 unspecified atom stereocenters. The Hall–Kier alpha value is -16.8. The second-order valence-electron chi connectivity index (χ2n) is 33.9. The summed E-state index contributed by atoms with van der Waals surface area (Å²) in [5.74, 6) is 41.2. The minimum Gasteiger partial charge on any atom is -0.497 e. The average Bonchev–Trinajstić information content (AvgIpc) is 0.759. The Kier molecular flexibility index (Phi) is 43.9. The van der Waals surface area contributed by atoms with Crippen molar-refractivity contribution in [2.75, 3.05) is 88.4 Å². The molecule has 0 aliphatic carbocycles. The maximum Gasteiger partial charge on any atom is 0.335 e. The first-order valence-electron chi connectivity index (χ1n) is 49.1. The number of unbranched alkanes of at least 4 members (excludes halogenated alkanes) is 17. The Morgan fingerprint density at radius 1 is 0.222 bits per heavy atom. The molecule has 730 valence electrons. The molecule has 0 fully saturated rings. The molecule has 0 aliphatic heterocycles. The van der Waals surface area contributed by atoms with E-state index in [4.69, 9.17) is 77.7 Å². The lowest BCUT2D eigenvalue weighted by Crippen LogP contribution is -2.08. The van der Waals surface area contributed by atoms with Crippen LogP contribution in [-0.2, 0) is 0 Å². The maximum atomic E-state index is 12.3. The van der Waals surface area contributed by atoms with Gasteiger partial charge in [0.1, 0.15) is 46.0 Å². The molecule has 0 heterocycles. The third-order valence-electron chi connectivity index (χ3n) is 23.7. The van der Waals surface area contributed by atoms with E-state index in [1.807, 2.05) is 267 Å². The summed E-state index contributed by atoms with van der Waals surface area (Å²) in [6.07, 6.45) is 20.0. The van der Waals surface area contributed by atoms with Crippen LogP contribution in [-0.4, -0.2) is 105 Å². The number of hydrogen-bond acceptors (Lipinski definition) is 17. The van der Waals surface area contributed by atoms with Crippen LogP contribution in [0.2, 0.25) is 0 Å². The molecule has 0 aliphatic rings. The standard InChI is InChI=1S/C64H63N3O8.C62H58O7/c65-45-48-13-19-51(20-14-48)54-25-31-58(32-26-54)70-37-7-1-4-10-40-73-61-43-57(64(68)69)44-62(74-41-11-5-2-8-38-71-59-33-27-55(28-34-59)52-21-15-49(46-66)16-22-52)63(61)75-42-12-6-3-9-39-72-60-35-29-56(30-36-60)53-23-17-50(47-67)18-24-53;1-64-52-30-15-47(16-31-52)25-40-57-58(41-26-48-17-32-53(65-2)33-18-48)60(43-28-50-21-36-55(67-4)37-22-50)62(69-46-14-12-10-8-6-7-9-11-13-45-63)61(44-29-51-23-38-56(68-5)39-24-51)59(57)42-27-49-19-34-54(66-3)35-20-49/h13-36,43-44H,1-12,37-42H2,(H,68,69);15-24,30-39,63H,6-14,45-46H2,1-5H3. The molecule has 13 rings (SSSR count). The zero-order valence-corrected chi connectivity index (χ0v) is 82.6. The minimum atomic E-state index is -1.08. The molecule has 0 spiro atoms. The third-order valence-corrected chi connectivity index (χ3v) is 23.7. The largest absolute Gasteiger partial charge is 0.497 e. The number of methoxy groups -OCH3 is 5. The molecule has 0 bridgehead atoms. The van der Waals surface area contributed by atoms with Gasteiger partial charge in [-0.25, -0.2) is 4.79 Å². The highest BCUT2D eigenvalue weighted by atomic mass is 16.5. The van der Waals surface area contributed by atoms with Crippen LogP contribution < -0.4 is 56.8 Å².